The highest BCUT2D eigenvalue weighted by molar-refractivity contribution is 7.92. The molecule has 0 amide bonds. The quantitative estimate of drug-likeness (QED) is 0.891. The predicted octanol–water partition coefficient (Wildman–Crippen LogP) is 2.85. The standard InChI is InChI=1S/C15H18N2O3S/c1-11-10-12(8-9-14(11)20-3)17-21(18,19)15-7-5-4-6-13(15)16-2/h4-10,16-17H,1-3H3. The first-order chi connectivity index (χ1) is 9.97. The van der Waals surface area contributed by atoms with Gasteiger partial charge in [-0.3, -0.25) is 4.72 Å². The van der Waals surface area contributed by atoms with Crippen molar-refractivity contribution in [2.24, 2.45) is 0 Å². The van der Waals surface area contributed by atoms with Crippen LogP contribution in [0, 0.1) is 6.92 Å². The molecule has 0 spiro atoms. The molecule has 0 atom stereocenters. The van der Waals surface area contributed by atoms with E-state index in [1.807, 2.05) is 6.92 Å². The molecule has 0 saturated heterocycles. The molecular weight excluding hydrogens is 288 g/mol. The van der Waals surface area contributed by atoms with Gasteiger partial charge < -0.3 is 10.1 Å². The lowest BCUT2D eigenvalue weighted by Gasteiger charge is -2.13. The number of ether oxygens (including phenoxy) is 1. The molecule has 0 aliphatic rings. The molecule has 112 valence electrons. The molecule has 0 aliphatic heterocycles. The summed E-state index contributed by atoms with van der Waals surface area (Å²) in [6, 6.07) is 11.9. The molecule has 21 heavy (non-hydrogen) atoms. The minimum absolute atomic E-state index is 0.209. The largest absolute Gasteiger partial charge is 0.496 e. The Morgan fingerprint density at radius 3 is 2.43 bits per heavy atom. The van der Waals surface area contributed by atoms with Crippen molar-refractivity contribution in [2.75, 3.05) is 24.2 Å². The van der Waals surface area contributed by atoms with Gasteiger partial charge in [-0.05, 0) is 42.8 Å². The van der Waals surface area contributed by atoms with E-state index in [1.54, 1.807) is 56.6 Å². The number of rotatable bonds is 5. The van der Waals surface area contributed by atoms with Gasteiger partial charge in [0, 0.05) is 12.7 Å². The van der Waals surface area contributed by atoms with E-state index in [4.69, 9.17) is 4.74 Å². The Bertz CT molecular complexity index is 742. The van der Waals surface area contributed by atoms with E-state index in [-0.39, 0.29) is 4.90 Å². The van der Waals surface area contributed by atoms with Crippen LogP contribution in [-0.2, 0) is 10.0 Å². The van der Waals surface area contributed by atoms with Gasteiger partial charge >= 0.3 is 0 Å². The molecule has 2 aromatic carbocycles. The Labute approximate surface area is 125 Å². The van der Waals surface area contributed by atoms with Gasteiger partial charge in [-0.15, -0.1) is 0 Å². The van der Waals surface area contributed by atoms with Crippen molar-refractivity contribution in [2.45, 2.75) is 11.8 Å². The topological polar surface area (TPSA) is 67.4 Å². The number of hydrogen-bond donors (Lipinski definition) is 2. The Morgan fingerprint density at radius 1 is 1.10 bits per heavy atom. The molecule has 0 unspecified atom stereocenters. The van der Waals surface area contributed by atoms with E-state index in [2.05, 4.69) is 10.0 Å². The Kier molecular flexibility index (Phi) is 4.37. The van der Waals surface area contributed by atoms with Crippen molar-refractivity contribution in [1.29, 1.82) is 0 Å². The van der Waals surface area contributed by atoms with Crippen molar-refractivity contribution in [3.8, 4) is 5.75 Å². The summed E-state index contributed by atoms with van der Waals surface area (Å²) in [6.07, 6.45) is 0. The van der Waals surface area contributed by atoms with Crippen LogP contribution in [0.3, 0.4) is 0 Å². The Morgan fingerprint density at radius 2 is 1.81 bits per heavy atom. The third kappa shape index (κ3) is 3.28. The highest BCUT2D eigenvalue weighted by Crippen LogP contribution is 2.26. The van der Waals surface area contributed by atoms with Crippen molar-refractivity contribution >= 4 is 21.4 Å². The van der Waals surface area contributed by atoms with Crippen molar-refractivity contribution < 1.29 is 13.2 Å². The van der Waals surface area contributed by atoms with E-state index in [0.717, 1.165) is 5.56 Å². The molecule has 0 radical (unpaired) electrons. The summed E-state index contributed by atoms with van der Waals surface area (Å²) in [4.78, 5) is 0.209. The molecule has 0 aromatic heterocycles. The molecule has 0 aliphatic carbocycles. The zero-order valence-electron chi connectivity index (χ0n) is 12.2. The van der Waals surface area contributed by atoms with Crippen LogP contribution in [0.25, 0.3) is 0 Å². The normalized spacial score (nSPS) is 11.0. The maximum Gasteiger partial charge on any atom is 0.263 e. The van der Waals surface area contributed by atoms with Crippen molar-refractivity contribution in [1.82, 2.24) is 0 Å². The number of methoxy groups -OCH3 is 1. The fraction of sp³-hybridized carbons (Fsp3) is 0.200. The summed E-state index contributed by atoms with van der Waals surface area (Å²) >= 11 is 0. The molecule has 0 fully saturated rings. The molecule has 0 saturated carbocycles. The maximum absolute atomic E-state index is 12.5. The zero-order chi connectivity index (χ0) is 15.5. The molecule has 0 heterocycles. The van der Waals surface area contributed by atoms with Crippen LogP contribution in [-0.4, -0.2) is 22.6 Å². The van der Waals surface area contributed by atoms with Gasteiger partial charge in [0.25, 0.3) is 10.0 Å². The van der Waals surface area contributed by atoms with E-state index in [0.29, 0.717) is 17.1 Å². The number of para-hydroxylation sites is 1. The van der Waals surface area contributed by atoms with Gasteiger partial charge in [-0.1, -0.05) is 12.1 Å². The smallest absolute Gasteiger partial charge is 0.263 e. The highest BCUT2D eigenvalue weighted by Gasteiger charge is 2.18. The predicted molar refractivity (Wildman–Crippen MR) is 84.5 cm³/mol. The first-order valence-electron chi connectivity index (χ1n) is 6.42. The van der Waals surface area contributed by atoms with Crippen LogP contribution in [0.1, 0.15) is 5.56 Å². The van der Waals surface area contributed by atoms with Crippen LogP contribution >= 0.6 is 0 Å². The first-order valence-corrected chi connectivity index (χ1v) is 7.90. The highest BCUT2D eigenvalue weighted by atomic mass is 32.2. The molecule has 2 rings (SSSR count). The molecule has 5 nitrogen and oxygen atoms in total. The minimum Gasteiger partial charge on any atom is -0.496 e. The van der Waals surface area contributed by atoms with E-state index in [9.17, 15) is 8.42 Å². The average molecular weight is 306 g/mol. The van der Waals surface area contributed by atoms with Crippen LogP contribution < -0.4 is 14.8 Å². The Hall–Kier alpha value is -2.21. The second-order valence-corrected chi connectivity index (χ2v) is 6.19. The number of benzene rings is 2. The lowest BCUT2D eigenvalue weighted by atomic mass is 10.2. The average Bonchev–Trinajstić information content (AvgIpc) is 2.47. The SMILES string of the molecule is CNc1ccccc1S(=O)(=O)Nc1ccc(OC)c(C)c1. The Balaban J connectivity index is 2.35. The van der Waals surface area contributed by atoms with Gasteiger partial charge in [0.05, 0.1) is 12.8 Å². The van der Waals surface area contributed by atoms with Gasteiger partial charge in [0.15, 0.2) is 0 Å². The van der Waals surface area contributed by atoms with E-state index < -0.39 is 10.0 Å². The lowest BCUT2D eigenvalue weighted by Crippen LogP contribution is -2.14. The number of hydrogen-bond acceptors (Lipinski definition) is 4. The van der Waals surface area contributed by atoms with Crippen LogP contribution in [0.15, 0.2) is 47.4 Å². The summed E-state index contributed by atoms with van der Waals surface area (Å²) in [7, 11) is -0.381. The summed E-state index contributed by atoms with van der Waals surface area (Å²) in [5.41, 5.74) is 1.91. The van der Waals surface area contributed by atoms with Crippen LogP contribution in [0.2, 0.25) is 0 Å². The monoisotopic (exact) mass is 306 g/mol. The lowest BCUT2D eigenvalue weighted by molar-refractivity contribution is 0.412. The number of nitrogens with one attached hydrogen (secondary N) is 2. The van der Waals surface area contributed by atoms with Gasteiger partial charge in [-0.2, -0.15) is 0 Å². The van der Waals surface area contributed by atoms with Crippen molar-refractivity contribution in [3.05, 3.63) is 48.0 Å². The maximum atomic E-state index is 12.5. The van der Waals surface area contributed by atoms with E-state index >= 15 is 0 Å². The molecule has 6 heteroatoms. The van der Waals surface area contributed by atoms with E-state index in [1.165, 1.54) is 0 Å². The summed E-state index contributed by atoms with van der Waals surface area (Å²) in [6.45, 7) is 1.86. The number of sulfonamides is 1. The van der Waals surface area contributed by atoms with Crippen LogP contribution in [0.4, 0.5) is 11.4 Å². The number of anilines is 2. The minimum atomic E-state index is -3.65. The summed E-state index contributed by atoms with van der Waals surface area (Å²) in [5, 5.41) is 2.88. The van der Waals surface area contributed by atoms with Gasteiger partial charge in [0.1, 0.15) is 10.6 Å². The first kappa shape index (κ1) is 15.2. The third-order valence-electron chi connectivity index (χ3n) is 3.09. The summed E-state index contributed by atoms with van der Waals surface area (Å²) < 4.78 is 32.7. The molecule has 2 N–H and O–H groups in total. The molecular formula is C15H18N2O3S. The summed E-state index contributed by atoms with van der Waals surface area (Å²) in [5.74, 6) is 0.716. The van der Waals surface area contributed by atoms with Gasteiger partial charge in [-0.25, -0.2) is 8.42 Å². The second kappa shape index (κ2) is 6.05. The molecule has 2 aromatic rings. The van der Waals surface area contributed by atoms with Gasteiger partial charge in [0.2, 0.25) is 0 Å². The molecule has 0 bridgehead atoms. The second-order valence-electron chi connectivity index (χ2n) is 4.54. The van der Waals surface area contributed by atoms with Crippen LogP contribution in [0.5, 0.6) is 5.75 Å². The fourth-order valence-electron chi connectivity index (χ4n) is 2.06. The fourth-order valence-corrected chi connectivity index (χ4v) is 3.32. The zero-order valence-corrected chi connectivity index (χ0v) is 13.0. The number of aryl methyl sites for hydroxylation is 1. The third-order valence-corrected chi connectivity index (χ3v) is 4.53. The van der Waals surface area contributed by atoms with Crippen molar-refractivity contribution in [3.63, 3.8) is 0 Å².